The van der Waals surface area contributed by atoms with E-state index in [0.29, 0.717) is 30.5 Å². The van der Waals surface area contributed by atoms with Gasteiger partial charge in [0.2, 0.25) is 0 Å². The highest BCUT2D eigenvalue weighted by Gasteiger charge is 2.14. The first-order valence-electron chi connectivity index (χ1n) is 7.42. The molecule has 1 saturated carbocycles. The highest BCUT2D eigenvalue weighted by molar-refractivity contribution is 5.96. The molecule has 5 heteroatoms. The summed E-state index contributed by atoms with van der Waals surface area (Å²) in [7, 11) is 0. The first kappa shape index (κ1) is 15.5. The van der Waals surface area contributed by atoms with Crippen LogP contribution in [0.25, 0.3) is 0 Å². The molecule has 0 radical (unpaired) electrons. The molecule has 5 nitrogen and oxygen atoms in total. The fraction of sp³-hybridized carbons (Fsp3) is 0.500. The van der Waals surface area contributed by atoms with Gasteiger partial charge in [0.15, 0.2) is 5.78 Å². The molecule has 1 aromatic rings. The number of ether oxygens (including phenoxy) is 1. The van der Waals surface area contributed by atoms with Gasteiger partial charge in [0.05, 0.1) is 12.7 Å². The Morgan fingerprint density at radius 1 is 1.29 bits per heavy atom. The molecule has 21 heavy (non-hydrogen) atoms. The van der Waals surface area contributed by atoms with E-state index in [1.165, 1.54) is 19.8 Å². The zero-order chi connectivity index (χ0) is 15.1. The van der Waals surface area contributed by atoms with Crippen molar-refractivity contribution in [3.8, 4) is 0 Å². The van der Waals surface area contributed by atoms with Crippen molar-refractivity contribution in [2.24, 2.45) is 0 Å². The molecule has 1 aromatic carbocycles. The molecule has 0 saturated heterocycles. The van der Waals surface area contributed by atoms with Gasteiger partial charge in [-0.25, -0.2) is 4.79 Å². The van der Waals surface area contributed by atoms with Crippen LogP contribution < -0.4 is 10.6 Å². The standard InChI is InChI=1S/C16H22N2O3/c1-12(19)13-5-4-6-14(11-13)18-16(20)17-9-10-21-15-7-2-3-8-15/h4-6,11,15H,2-3,7-10H2,1H3,(H2,17,18,20). The molecule has 0 atom stereocenters. The number of Topliss-reactive ketones (excluding diaryl/α,β-unsaturated/α-hetero) is 1. The van der Waals surface area contributed by atoms with Gasteiger partial charge < -0.3 is 15.4 Å². The Morgan fingerprint density at radius 2 is 2.05 bits per heavy atom. The van der Waals surface area contributed by atoms with Crippen LogP contribution in [0.1, 0.15) is 43.0 Å². The van der Waals surface area contributed by atoms with Crippen LogP contribution in [0.4, 0.5) is 10.5 Å². The summed E-state index contributed by atoms with van der Waals surface area (Å²) in [6.07, 6.45) is 5.10. The summed E-state index contributed by atoms with van der Waals surface area (Å²) in [5, 5.41) is 5.45. The van der Waals surface area contributed by atoms with E-state index in [1.807, 2.05) is 0 Å². The third-order valence-corrected chi connectivity index (χ3v) is 3.57. The second-order valence-corrected chi connectivity index (χ2v) is 5.30. The smallest absolute Gasteiger partial charge is 0.319 e. The highest BCUT2D eigenvalue weighted by atomic mass is 16.5. The minimum atomic E-state index is -0.286. The molecule has 2 rings (SSSR count). The van der Waals surface area contributed by atoms with Crippen LogP contribution in [0.15, 0.2) is 24.3 Å². The number of hydrogen-bond donors (Lipinski definition) is 2. The summed E-state index contributed by atoms with van der Waals surface area (Å²) in [6, 6.07) is 6.60. The number of carbonyl (C=O) groups is 2. The zero-order valence-corrected chi connectivity index (χ0v) is 12.4. The topological polar surface area (TPSA) is 67.4 Å². The van der Waals surface area contributed by atoms with Crippen LogP contribution in [-0.2, 0) is 4.74 Å². The van der Waals surface area contributed by atoms with Crippen LogP contribution in [-0.4, -0.2) is 31.1 Å². The third kappa shape index (κ3) is 5.19. The second-order valence-electron chi connectivity index (χ2n) is 5.30. The Balaban J connectivity index is 1.69. The van der Waals surface area contributed by atoms with Gasteiger partial charge in [-0.05, 0) is 31.9 Å². The molecule has 0 aliphatic heterocycles. The van der Waals surface area contributed by atoms with Crippen molar-refractivity contribution in [3.63, 3.8) is 0 Å². The molecular weight excluding hydrogens is 268 g/mol. The summed E-state index contributed by atoms with van der Waals surface area (Å²) >= 11 is 0. The summed E-state index contributed by atoms with van der Waals surface area (Å²) < 4.78 is 5.67. The maximum Gasteiger partial charge on any atom is 0.319 e. The minimum Gasteiger partial charge on any atom is -0.376 e. The maximum absolute atomic E-state index is 11.7. The molecule has 0 spiro atoms. The van der Waals surface area contributed by atoms with Crippen LogP contribution >= 0.6 is 0 Å². The van der Waals surface area contributed by atoms with Crippen molar-refractivity contribution in [2.45, 2.75) is 38.7 Å². The molecule has 0 bridgehead atoms. The van der Waals surface area contributed by atoms with Gasteiger partial charge in [-0.2, -0.15) is 0 Å². The lowest BCUT2D eigenvalue weighted by molar-refractivity contribution is 0.0615. The predicted molar refractivity (Wildman–Crippen MR) is 81.7 cm³/mol. The fourth-order valence-corrected chi connectivity index (χ4v) is 2.44. The van der Waals surface area contributed by atoms with Crippen LogP contribution in [0, 0.1) is 0 Å². The van der Waals surface area contributed by atoms with Crippen molar-refractivity contribution < 1.29 is 14.3 Å². The lowest BCUT2D eigenvalue weighted by Gasteiger charge is -2.12. The number of urea groups is 1. The largest absolute Gasteiger partial charge is 0.376 e. The average molecular weight is 290 g/mol. The summed E-state index contributed by atoms with van der Waals surface area (Å²) in [5.41, 5.74) is 1.19. The number of nitrogens with one attached hydrogen (secondary N) is 2. The lowest BCUT2D eigenvalue weighted by Crippen LogP contribution is -2.32. The van der Waals surface area contributed by atoms with Gasteiger partial charge >= 0.3 is 6.03 Å². The number of rotatable bonds is 6. The van der Waals surface area contributed by atoms with Gasteiger partial charge in [0, 0.05) is 17.8 Å². The maximum atomic E-state index is 11.7. The first-order valence-corrected chi connectivity index (χ1v) is 7.42. The molecule has 1 fully saturated rings. The van der Waals surface area contributed by atoms with E-state index in [4.69, 9.17) is 4.74 Å². The molecule has 0 aromatic heterocycles. The van der Waals surface area contributed by atoms with E-state index >= 15 is 0 Å². The van der Waals surface area contributed by atoms with E-state index in [-0.39, 0.29) is 11.8 Å². The minimum absolute atomic E-state index is 0.0241. The second kappa shape index (κ2) is 7.78. The quantitative estimate of drug-likeness (QED) is 0.625. The van der Waals surface area contributed by atoms with Crippen LogP contribution in [0.2, 0.25) is 0 Å². The molecule has 2 amide bonds. The van der Waals surface area contributed by atoms with E-state index in [1.54, 1.807) is 24.3 Å². The van der Waals surface area contributed by atoms with Gasteiger partial charge in [0.25, 0.3) is 0 Å². The van der Waals surface area contributed by atoms with E-state index in [2.05, 4.69) is 10.6 Å². The fourth-order valence-electron chi connectivity index (χ4n) is 2.44. The van der Waals surface area contributed by atoms with E-state index in [9.17, 15) is 9.59 Å². The number of anilines is 1. The normalized spacial score (nSPS) is 14.9. The molecule has 0 heterocycles. The van der Waals surface area contributed by atoms with Gasteiger partial charge in [-0.1, -0.05) is 25.0 Å². The van der Waals surface area contributed by atoms with Crippen LogP contribution in [0.5, 0.6) is 0 Å². The average Bonchev–Trinajstić information content (AvgIpc) is 2.97. The zero-order valence-electron chi connectivity index (χ0n) is 12.4. The first-order chi connectivity index (χ1) is 10.1. The summed E-state index contributed by atoms with van der Waals surface area (Å²) in [6.45, 7) is 2.51. The monoisotopic (exact) mass is 290 g/mol. The van der Waals surface area contributed by atoms with Crippen LogP contribution in [0.3, 0.4) is 0 Å². The summed E-state index contributed by atoms with van der Waals surface area (Å²) in [5.74, 6) is -0.0241. The number of hydrogen-bond acceptors (Lipinski definition) is 3. The molecule has 1 aliphatic rings. The van der Waals surface area contributed by atoms with Gasteiger partial charge in [-0.15, -0.1) is 0 Å². The van der Waals surface area contributed by atoms with Crippen molar-refractivity contribution in [1.82, 2.24) is 5.32 Å². The molecule has 1 aliphatic carbocycles. The number of ketones is 1. The predicted octanol–water partition coefficient (Wildman–Crippen LogP) is 2.97. The Hall–Kier alpha value is -1.88. The molecule has 114 valence electrons. The Kier molecular flexibility index (Phi) is 5.75. The van der Waals surface area contributed by atoms with Crippen molar-refractivity contribution in [1.29, 1.82) is 0 Å². The van der Waals surface area contributed by atoms with Crippen molar-refractivity contribution in [3.05, 3.63) is 29.8 Å². The highest BCUT2D eigenvalue weighted by Crippen LogP contribution is 2.20. The Morgan fingerprint density at radius 3 is 2.76 bits per heavy atom. The van der Waals surface area contributed by atoms with E-state index < -0.39 is 0 Å². The van der Waals surface area contributed by atoms with E-state index in [0.717, 1.165) is 12.8 Å². The number of carbonyl (C=O) groups excluding carboxylic acids is 2. The Bertz CT molecular complexity index is 496. The van der Waals surface area contributed by atoms with Crippen molar-refractivity contribution in [2.75, 3.05) is 18.5 Å². The van der Waals surface area contributed by atoms with Gasteiger partial charge in [0.1, 0.15) is 0 Å². The summed E-state index contributed by atoms with van der Waals surface area (Å²) in [4.78, 5) is 23.0. The lowest BCUT2D eigenvalue weighted by atomic mass is 10.1. The molecular formula is C16H22N2O3. The Labute approximate surface area is 125 Å². The van der Waals surface area contributed by atoms with Gasteiger partial charge in [-0.3, -0.25) is 4.79 Å². The number of amides is 2. The van der Waals surface area contributed by atoms with Crippen molar-refractivity contribution >= 4 is 17.5 Å². The molecule has 2 N–H and O–H groups in total. The SMILES string of the molecule is CC(=O)c1cccc(NC(=O)NCCOC2CCCC2)c1. The molecule has 0 unspecified atom stereocenters. The third-order valence-electron chi connectivity index (χ3n) is 3.57. The number of benzene rings is 1.